The largest absolute Gasteiger partial charge is 0.366 e. The summed E-state index contributed by atoms with van der Waals surface area (Å²) in [4.78, 5) is 2.47. The molecular formula is C25H27ClFN5O2S. The number of sulfonamides is 1. The van der Waals surface area contributed by atoms with Crippen molar-refractivity contribution >= 4 is 33.1 Å². The Morgan fingerprint density at radius 3 is 2.37 bits per heavy atom. The second-order valence-corrected chi connectivity index (χ2v) is 11.7. The Hall–Kier alpha value is -2.75. The van der Waals surface area contributed by atoms with E-state index in [0.717, 1.165) is 38.7 Å². The molecule has 0 amide bonds. The van der Waals surface area contributed by atoms with Gasteiger partial charge in [-0.05, 0) is 72.7 Å². The minimum atomic E-state index is -3.26. The van der Waals surface area contributed by atoms with E-state index in [1.807, 2.05) is 36.4 Å². The van der Waals surface area contributed by atoms with Gasteiger partial charge in [0.2, 0.25) is 10.0 Å². The van der Waals surface area contributed by atoms with E-state index < -0.39 is 10.0 Å². The minimum absolute atomic E-state index is 0.353. The van der Waals surface area contributed by atoms with Gasteiger partial charge in [0.15, 0.2) is 0 Å². The number of likely N-dealkylation sites (tertiary alicyclic amines) is 1. The summed E-state index contributed by atoms with van der Waals surface area (Å²) in [6.07, 6.45) is 3.31. The van der Waals surface area contributed by atoms with Crippen LogP contribution in [0.2, 0.25) is 5.02 Å². The third kappa shape index (κ3) is 5.91. The summed E-state index contributed by atoms with van der Waals surface area (Å²) in [5, 5.41) is 12.5. The summed E-state index contributed by atoms with van der Waals surface area (Å²) in [5.74, 6) is 1.63. The van der Waals surface area contributed by atoms with Crippen molar-refractivity contribution in [3.8, 4) is 11.3 Å². The van der Waals surface area contributed by atoms with E-state index in [0.29, 0.717) is 45.7 Å². The highest BCUT2D eigenvalue weighted by Gasteiger charge is 2.40. The summed E-state index contributed by atoms with van der Waals surface area (Å²) in [6.45, 7) is 2.96. The van der Waals surface area contributed by atoms with Gasteiger partial charge in [-0.15, -0.1) is 10.2 Å². The Kier molecular flexibility index (Phi) is 6.65. The molecule has 2 atom stereocenters. The van der Waals surface area contributed by atoms with Crippen molar-refractivity contribution in [2.24, 2.45) is 11.8 Å². The lowest BCUT2D eigenvalue weighted by atomic mass is 10.0. The van der Waals surface area contributed by atoms with Gasteiger partial charge in [-0.2, -0.15) is 0 Å². The number of fused-ring (bicyclic) bond motifs is 1. The van der Waals surface area contributed by atoms with Gasteiger partial charge < -0.3 is 5.32 Å². The van der Waals surface area contributed by atoms with Crippen molar-refractivity contribution in [3.05, 3.63) is 71.0 Å². The minimum Gasteiger partial charge on any atom is -0.366 e. The lowest BCUT2D eigenvalue weighted by Crippen LogP contribution is -2.25. The molecule has 1 aliphatic carbocycles. The first kappa shape index (κ1) is 24.0. The number of nitrogens with one attached hydrogen (secondary N) is 2. The molecule has 1 aromatic heterocycles. The van der Waals surface area contributed by atoms with E-state index in [-0.39, 0.29) is 5.82 Å². The normalized spacial score (nSPS) is 22.2. The molecule has 2 unspecified atom stereocenters. The predicted octanol–water partition coefficient (Wildman–Crippen LogP) is 4.63. The first-order valence-electron chi connectivity index (χ1n) is 11.6. The first-order chi connectivity index (χ1) is 16.7. The van der Waals surface area contributed by atoms with Gasteiger partial charge in [0.05, 0.1) is 17.0 Å². The van der Waals surface area contributed by atoms with Crippen LogP contribution in [0, 0.1) is 17.7 Å². The second kappa shape index (κ2) is 9.72. The SMILES string of the molecule is CS(=O)(=O)Nc1ccc(CN2CC3CC(Nc4ccc(-c5cc(F)ccc5Cl)nn4)CC3C2)cc1. The van der Waals surface area contributed by atoms with Crippen molar-refractivity contribution in [2.45, 2.75) is 25.4 Å². The predicted molar refractivity (Wildman–Crippen MR) is 136 cm³/mol. The smallest absolute Gasteiger partial charge is 0.229 e. The fourth-order valence-corrected chi connectivity index (χ4v) is 6.03. The third-order valence-corrected chi connectivity index (χ3v) is 7.65. The monoisotopic (exact) mass is 515 g/mol. The van der Waals surface area contributed by atoms with Gasteiger partial charge in [0.25, 0.3) is 0 Å². The summed E-state index contributed by atoms with van der Waals surface area (Å²) in [6, 6.07) is 15.8. The maximum absolute atomic E-state index is 13.6. The number of benzene rings is 2. The first-order valence-corrected chi connectivity index (χ1v) is 13.8. The molecular weight excluding hydrogens is 489 g/mol. The number of anilines is 2. The van der Waals surface area contributed by atoms with Crippen LogP contribution in [0.1, 0.15) is 18.4 Å². The quantitative estimate of drug-likeness (QED) is 0.477. The van der Waals surface area contributed by atoms with E-state index in [2.05, 4.69) is 25.1 Å². The lowest BCUT2D eigenvalue weighted by Gasteiger charge is -2.20. The highest BCUT2D eigenvalue weighted by molar-refractivity contribution is 7.92. The van der Waals surface area contributed by atoms with Crippen molar-refractivity contribution in [2.75, 3.05) is 29.4 Å². The van der Waals surface area contributed by atoms with Crippen LogP contribution < -0.4 is 10.0 Å². The number of aromatic nitrogens is 2. The number of hydrogen-bond acceptors (Lipinski definition) is 6. The van der Waals surface area contributed by atoms with Crippen LogP contribution in [0.5, 0.6) is 0 Å². The van der Waals surface area contributed by atoms with Crippen molar-refractivity contribution < 1.29 is 12.8 Å². The Morgan fingerprint density at radius 2 is 1.74 bits per heavy atom. The molecule has 1 saturated carbocycles. The average Bonchev–Trinajstić information content (AvgIpc) is 3.34. The number of rotatable bonds is 7. The summed E-state index contributed by atoms with van der Waals surface area (Å²) < 4.78 is 38.8. The van der Waals surface area contributed by atoms with Crippen molar-refractivity contribution in [1.29, 1.82) is 0 Å². The molecule has 3 aromatic rings. The van der Waals surface area contributed by atoms with Gasteiger partial charge in [-0.1, -0.05) is 23.7 Å². The Bertz CT molecular complexity index is 1290. The lowest BCUT2D eigenvalue weighted by molar-refractivity contribution is 0.301. The van der Waals surface area contributed by atoms with Crippen molar-refractivity contribution in [3.63, 3.8) is 0 Å². The van der Waals surface area contributed by atoms with Crippen LogP contribution in [-0.4, -0.2) is 48.9 Å². The van der Waals surface area contributed by atoms with Crippen LogP contribution in [0.4, 0.5) is 15.9 Å². The van der Waals surface area contributed by atoms with Crippen LogP contribution in [-0.2, 0) is 16.6 Å². The summed E-state index contributed by atoms with van der Waals surface area (Å²) >= 11 is 6.18. The highest BCUT2D eigenvalue weighted by Crippen LogP contribution is 2.39. The fourth-order valence-electron chi connectivity index (χ4n) is 5.25. The molecule has 1 aliphatic heterocycles. The fraction of sp³-hybridized carbons (Fsp3) is 0.360. The zero-order valence-corrected chi connectivity index (χ0v) is 20.9. The van der Waals surface area contributed by atoms with E-state index in [9.17, 15) is 12.8 Å². The van der Waals surface area contributed by atoms with Crippen LogP contribution in [0.25, 0.3) is 11.3 Å². The topological polar surface area (TPSA) is 87.2 Å². The number of nitrogens with zero attached hydrogens (tertiary/aromatic N) is 3. The molecule has 35 heavy (non-hydrogen) atoms. The molecule has 2 aliphatic rings. The van der Waals surface area contributed by atoms with Gasteiger partial charge >= 0.3 is 0 Å². The van der Waals surface area contributed by atoms with Crippen molar-refractivity contribution in [1.82, 2.24) is 15.1 Å². The molecule has 2 aromatic carbocycles. The van der Waals surface area contributed by atoms with E-state index in [1.165, 1.54) is 23.8 Å². The molecule has 0 radical (unpaired) electrons. The standard InChI is InChI=1S/C25H27ClFN5O2S/c1-35(33,34)31-20-5-2-16(3-6-20)13-32-14-17-10-21(11-18(17)15-32)28-25-9-8-24(29-30-25)22-12-19(27)4-7-23(22)26/h2-9,12,17-18,21,31H,10-11,13-15H2,1H3,(H,28,30). The number of hydrogen-bond donors (Lipinski definition) is 2. The average molecular weight is 516 g/mol. The van der Waals surface area contributed by atoms with Crippen LogP contribution >= 0.6 is 11.6 Å². The molecule has 7 nitrogen and oxygen atoms in total. The van der Waals surface area contributed by atoms with Gasteiger partial charge in [0, 0.05) is 36.9 Å². The second-order valence-electron chi connectivity index (χ2n) is 9.53. The number of halogens is 2. The van der Waals surface area contributed by atoms with Gasteiger partial charge in [-0.25, -0.2) is 12.8 Å². The zero-order valence-electron chi connectivity index (χ0n) is 19.3. The summed E-state index contributed by atoms with van der Waals surface area (Å²) in [7, 11) is -3.26. The zero-order chi connectivity index (χ0) is 24.6. The molecule has 5 rings (SSSR count). The van der Waals surface area contributed by atoms with Crippen LogP contribution in [0.3, 0.4) is 0 Å². The maximum Gasteiger partial charge on any atom is 0.229 e. The Balaban J connectivity index is 1.13. The van der Waals surface area contributed by atoms with E-state index in [1.54, 1.807) is 0 Å². The van der Waals surface area contributed by atoms with Crippen LogP contribution in [0.15, 0.2) is 54.6 Å². The Morgan fingerprint density at radius 1 is 1.03 bits per heavy atom. The highest BCUT2D eigenvalue weighted by atomic mass is 35.5. The summed E-state index contributed by atoms with van der Waals surface area (Å²) in [5.41, 5.74) is 2.83. The molecule has 10 heteroatoms. The Labute approximate surface area is 209 Å². The van der Waals surface area contributed by atoms with E-state index in [4.69, 9.17) is 11.6 Å². The molecule has 2 fully saturated rings. The molecule has 0 spiro atoms. The van der Waals surface area contributed by atoms with E-state index >= 15 is 0 Å². The molecule has 2 heterocycles. The molecule has 2 N–H and O–H groups in total. The van der Waals surface area contributed by atoms with Gasteiger partial charge in [-0.3, -0.25) is 9.62 Å². The third-order valence-electron chi connectivity index (χ3n) is 6.71. The maximum atomic E-state index is 13.6. The molecule has 184 valence electrons. The van der Waals surface area contributed by atoms with Gasteiger partial charge in [0.1, 0.15) is 11.6 Å². The molecule has 1 saturated heterocycles. The molecule has 0 bridgehead atoms.